The van der Waals surface area contributed by atoms with E-state index < -0.39 is 0 Å². The number of benzene rings is 2. The van der Waals surface area contributed by atoms with E-state index in [0.717, 1.165) is 13.0 Å². The molecule has 0 bridgehead atoms. The molecule has 2 heterocycles. The molecule has 0 unspecified atom stereocenters. The third kappa shape index (κ3) is 2.63. The Balaban J connectivity index is 1.70. The van der Waals surface area contributed by atoms with Crippen molar-refractivity contribution in [1.29, 1.82) is 0 Å². The maximum absolute atomic E-state index is 4.29. The standard InChI is InChI=1S/C20H21N3/c1-22-13-18(15-6-4-3-5-7-15)11-17-10-16(8-9-20(17)22)19-12-21-23(2)14-19/h3-10,12,14,18H,11,13H2,1-2H3/t18-/m1/s1. The zero-order valence-electron chi connectivity index (χ0n) is 13.6. The van der Waals surface area contributed by atoms with Crippen molar-refractivity contribution in [2.75, 3.05) is 18.5 Å². The number of aryl methyl sites for hydroxylation is 1. The first-order chi connectivity index (χ1) is 11.2. The summed E-state index contributed by atoms with van der Waals surface area (Å²) < 4.78 is 1.85. The molecular formula is C20H21N3. The SMILES string of the molecule is CN1C[C@H](c2ccccc2)Cc2cc(-c3cnn(C)c3)ccc21. The minimum atomic E-state index is 0.554. The average molecular weight is 303 g/mol. The van der Waals surface area contributed by atoms with Gasteiger partial charge in [0.25, 0.3) is 0 Å². The molecule has 0 fully saturated rings. The number of aromatic nitrogens is 2. The number of hydrogen-bond acceptors (Lipinski definition) is 2. The van der Waals surface area contributed by atoms with E-state index in [4.69, 9.17) is 0 Å². The van der Waals surface area contributed by atoms with Crippen molar-refractivity contribution < 1.29 is 0 Å². The van der Waals surface area contributed by atoms with Crippen molar-refractivity contribution in [2.45, 2.75) is 12.3 Å². The Morgan fingerprint density at radius 1 is 1.00 bits per heavy atom. The van der Waals surface area contributed by atoms with Crippen LogP contribution in [0.15, 0.2) is 60.9 Å². The maximum atomic E-state index is 4.29. The number of nitrogens with zero attached hydrogens (tertiary/aromatic N) is 3. The van der Waals surface area contributed by atoms with Gasteiger partial charge in [0, 0.05) is 44.0 Å². The lowest BCUT2D eigenvalue weighted by atomic mass is 9.86. The summed E-state index contributed by atoms with van der Waals surface area (Å²) >= 11 is 0. The molecule has 23 heavy (non-hydrogen) atoms. The van der Waals surface area contributed by atoms with Crippen LogP contribution in [0.1, 0.15) is 17.0 Å². The molecule has 0 N–H and O–H groups in total. The molecule has 1 aliphatic rings. The molecule has 3 heteroatoms. The molecule has 116 valence electrons. The molecule has 1 atom stereocenters. The summed E-state index contributed by atoms with van der Waals surface area (Å²) in [4.78, 5) is 2.38. The second-order valence-corrected chi connectivity index (χ2v) is 6.44. The van der Waals surface area contributed by atoms with Gasteiger partial charge >= 0.3 is 0 Å². The van der Waals surface area contributed by atoms with Crippen LogP contribution in [0.5, 0.6) is 0 Å². The van der Waals surface area contributed by atoms with Gasteiger partial charge in [0.2, 0.25) is 0 Å². The van der Waals surface area contributed by atoms with E-state index in [-0.39, 0.29) is 0 Å². The molecule has 3 nitrogen and oxygen atoms in total. The first-order valence-electron chi connectivity index (χ1n) is 8.09. The molecule has 0 spiro atoms. The highest BCUT2D eigenvalue weighted by atomic mass is 15.2. The summed E-state index contributed by atoms with van der Waals surface area (Å²) in [7, 11) is 4.15. The zero-order chi connectivity index (χ0) is 15.8. The summed E-state index contributed by atoms with van der Waals surface area (Å²) in [5.74, 6) is 0.554. The summed E-state index contributed by atoms with van der Waals surface area (Å²) in [5, 5.41) is 4.29. The molecule has 0 amide bonds. The highest BCUT2D eigenvalue weighted by Gasteiger charge is 2.23. The first-order valence-corrected chi connectivity index (χ1v) is 8.09. The van der Waals surface area contributed by atoms with E-state index in [9.17, 15) is 0 Å². The maximum Gasteiger partial charge on any atom is 0.0568 e. The van der Waals surface area contributed by atoms with Gasteiger partial charge in [-0.2, -0.15) is 5.10 Å². The second-order valence-electron chi connectivity index (χ2n) is 6.44. The van der Waals surface area contributed by atoms with Gasteiger partial charge in [0.1, 0.15) is 0 Å². The fraction of sp³-hybridized carbons (Fsp3) is 0.250. The summed E-state index contributed by atoms with van der Waals surface area (Å²) in [6, 6.07) is 17.6. The van der Waals surface area contributed by atoms with Crippen molar-refractivity contribution in [1.82, 2.24) is 9.78 Å². The number of likely N-dealkylation sites (N-methyl/N-ethyl adjacent to an activating group) is 1. The molecule has 4 rings (SSSR count). The third-order valence-corrected chi connectivity index (χ3v) is 4.76. The van der Waals surface area contributed by atoms with E-state index in [0.29, 0.717) is 5.92 Å². The third-order valence-electron chi connectivity index (χ3n) is 4.76. The minimum Gasteiger partial charge on any atom is -0.374 e. The Hall–Kier alpha value is -2.55. The van der Waals surface area contributed by atoms with Crippen LogP contribution in [-0.2, 0) is 13.5 Å². The van der Waals surface area contributed by atoms with Crippen LogP contribution in [0, 0.1) is 0 Å². The lowest BCUT2D eigenvalue weighted by molar-refractivity contribution is 0.639. The van der Waals surface area contributed by atoms with E-state index in [1.54, 1.807) is 0 Å². The summed E-state index contributed by atoms with van der Waals surface area (Å²) in [6.07, 6.45) is 5.10. The van der Waals surface area contributed by atoms with E-state index in [2.05, 4.69) is 71.8 Å². The van der Waals surface area contributed by atoms with E-state index in [1.807, 2.05) is 17.9 Å². The molecule has 0 saturated carbocycles. The summed E-state index contributed by atoms with van der Waals surface area (Å²) in [6.45, 7) is 1.07. The largest absolute Gasteiger partial charge is 0.374 e. The van der Waals surface area contributed by atoms with Gasteiger partial charge in [-0.25, -0.2) is 0 Å². The number of rotatable bonds is 2. The molecule has 1 aromatic heterocycles. The van der Waals surface area contributed by atoms with Crippen LogP contribution < -0.4 is 4.90 Å². The van der Waals surface area contributed by atoms with Crippen molar-refractivity contribution in [3.05, 3.63) is 72.1 Å². The lowest BCUT2D eigenvalue weighted by Crippen LogP contribution is -2.30. The average Bonchev–Trinajstić information content (AvgIpc) is 3.01. The molecule has 0 radical (unpaired) electrons. The number of anilines is 1. The fourth-order valence-corrected chi connectivity index (χ4v) is 3.58. The molecule has 3 aromatic rings. The normalized spacial score (nSPS) is 17.1. The van der Waals surface area contributed by atoms with Crippen LogP contribution in [0.3, 0.4) is 0 Å². The van der Waals surface area contributed by atoms with Crippen molar-refractivity contribution in [3.63, 3.8) is 0 Å². The topological polar surface area (TPSA) is 21.1 Å². The number of fused-ring (bicyclic) bond motifs is 1. The minimum absolute atomic E-state index is 0.554. The molecular weight excluding hydrogens is 282 g/mol. The zero-order valence-corrected chi connectivity index (χ0v) is 13.6. The van der Waals surface area contributed by atoms with Crippen LogP contribution in [0.4, 0.5) is 5.69 Å². The lowest BCUT2D eigenvalue weighted by Gasteiger charge is -2.34. The highest BCUT2D eigenvalue weighted by molar-refractivity contribution is 5.69. The van der Waals surface area contributed by atoms with Crippen molar-refractivity contribution >= 4 is 5.69 Å². The van der Waals surface area contributed by atoms with Gasteiger partial charge in [-0.15, -0.1) is 0 Å². The van der Waals surface area contributed by atoms with Gasteiger partial charge < -0.3 is 4.90 Å². The van der Waals surface area contributed by atoms with Crippen LogP contribution >= 0.6 is 0 Å². The monoisotopic (exact) mass is 303 g/mol. The smallest absolute Gasteiger partial charge is 0.0568 e. The Morgan fingerprint density at radius 2 is 1.83 bits per heavy atom. The van der Waals surface area contributed by atoms with Crippen LogP contribution in [0.2, 0.25) is 0 Å². The van der Waals surface area contributed by atoms with Gasteiger partial charge in [-0.3, -0.25) is 4.68 Å². The van der Waals surface area contributed by atoms with Gasteiger partial charge in [0.05, 0.1) is 6.20 Å². The van der Waals surface area contributed by atoms with E-state index in [1.165, 1.54) is 27.9 Å². The molecule has 1 aliphatic heterocycles. The predicted octanol–water partition coefficient (Wildman–Crippen LogP) is 3.86. The first kappa shape index (κ1) is 14.1. The summed E-state index contributed by atoms with van der Waals surface area (Å²) in [5.41, 5.74) is 6.63. The van der Waals surface area contributed by atoms with Gasteiger partial charge in [0.15, 0.2) is 0 Å². The quantitative estimate of drug-likeness (QED) is 0.717. The fourth-order valence-electron chi connectivity index (χ4n) is 3.58. The van der Waals surface area contributed by atoms with Crippen LogP contribution in [-0.4, -0.2) is 23.4 Å². The highest BCUT2D eigenvalue weighted by Crippen LogP contribution is 2.36. The number of hydrogen-bond donors (Lipinski definition) is 0. The van der Waals surface area contributed by atoms with Crippen molar-refractivity contribution in [3.8, 4) is 11.1 Å². The predicted molar refractivity (Wildman–Crippen MR) is 94.8 cm³/mol. The van der Waals surface area contributed by atoms with Crippen molar-refractivity contribution in [2.24, 2.45) is 7.05 Å². The molecule has 2 aromatic carbocycles. The Bertz CT molecular complexity index is 820. The van der Waals surface area contributed by atoms with Gasteiger partial charge in [-0.05, 0) is 35.2 Å². The molecule has 0 saturated heterocycles. The van der Waals surface area contributed by atoms with Gasteiger partial charge in [-0.1, -0.05) is 36.4 Å². The Morgan fingerprint density at radius 3 is 2.57 bits per heavy atom. The van der Waals surface area contributed by atoms with E-state index >= 15 is 0 Å². The second kappa shape index (κ2) is 5.58. The van der Waals surface area contributed by atoms with Crippen LogP contribution in [0.25, 0.3) is 11.1 Å². The Labute approximate surface area is 137 Å². The Kier molecular flexibility index (Phi) is 3.41. The molecule has 0 aliphatic carbocycles.